The molecule has 1 radical (unpaired) electrons. The zero-order valence-corrected chi connectivity index (χ0v) is 11.5. The molecule has 1 aromatic carbocycles. The van der Waals surface area contributed by atoms with Crippen LogP contribution in [0.15, 0.2) is 30.3 Å². The van der Waals surface area contributed by atoms with Crippen molar-refractivity contribution >= 4 is 25.2 Å². The van der Waals surface area contributed by atoms with Crippen LogP contribution in [0.4, 0.5) is 0 Å². The maximum absolute atomic E-state index is 11.1. The summed E-state index contributed by atoms with van der Waals surface area (Å²) in [5, 5.41) is 0. The molecule has 0 aliphatic rings. The summed E-state index contributed by atoms with van der Waals surface area (Å²) >= 11 is 3.66. The van der Waals surface area contributed by atoms with E-state index in [4.69, 9.17) is 5.73 Å². The molecule has 0 bridgehead atoms. The summed E-state index contributed by atoms with van der Waals surface area (Å²) in [6.45, 7) is 1.03. The van der Waals surface area contributed by atoms with Crippen LogP contribution in [0.2, 0.25) is 0 Å². The van der Waals surface area contributed by atoms with E-state index >= 15 is 0 Å². The summed E-state index contributed by atoms with van der Waals surface area (Å²) in [5.74, 6) is -0.469. The van der Waals surface area contributed by atoms with Crippen molar-refractivity contribution in [3.8, 4) is 0 Å². The molecule has 0 saturated heterocycles. The van der Waals surface area contributed by atoms with Crippen molar-refractivity contribution in [1.82, 2.24) is 0 Å². The Balaban J connectivity index is 0. The number of rotatable bonds is 4. The van der Waals surface area contributed by atoms with Crippen LogP contribution in [0.5, 0.6) is 0 Å². The van der Waals surface area contributed by atoms with E-state index in [0.29, 0.717) is 6.42 Å². The standard InChI is InChI=1S/C9H11BNO2S.Na.H/c11-8(9(12)13-10-14)6-7-4-2-1-3-5-7;;/h1-5,8,14H,6,11H2;;/q;+1;-1/t8-;;/m0../s1. The predicted molar refractivity (Wildman–Crippen MR) is 60.1 cm³/mol. The third-order valence-electron chi connectivity index (χ3n) is 1.77. The van der Waals surface area contributed by atoms with Crippen molar-refractivity contribution in [2.24, 2.45) is 5.73 Å². The van der Waals surface area contributed by atoms with Crippen molar-refractivity contribution in [2.75, 3.05) is 0 Å². The van der Waals surface area contributed by atoms with Gasteiger partial charge in [-0.15, -0.1) is 0 Å². The van der Waals surface area contributed by atoms with Crippen molar-refractivity contribution < 1.29 is 40.4 Å². The Hall–Kier alpha value is 0.0649. The van der Waals surface area contributed by atoms with Gasteiger partial charge >= 0.3 is 42.3 Å². The first-order valence-corrected chi connectivity index (χ1v) is 4.71. The maximum atomic E-state index is 11.1. The van der Waals surface area contributed by atoms with Crippen LogP contribution >= 0.6 is 12.5 Å². The molecule has 0 aromatic heterocycles. The van der Waals surface area contributed by atoms with Gasteiger partial charge in [0.2, 0.25) is 0 Å². The van der Waals surface area contributed by atoms with E-state index in [1.165, 1.54) is 0 Å². The van der Waals surface area contributed by atoms with E-state index < -0.39 is 12.0 Å². The van der Waals surface area contributed by atoms with Crippen LogP contribution in [-0.2, 0) is 15.9 Å². The van der Waals surface area contributed by atoms with Gasteiger partial charge in [0, 0.05) is 0 Å². The van der Waals surface area contributed by atoms with Gasteiger partial charge in [-0.3, -0.25) is 4.79 Å². The molecule has 6 heteroatoms. The fraction of sp³-hybridized carbons (Fsp3) is 0.222. The zero-order valence-electron chi connectivity index (χ0n) is 9.59. The number of hydrogen-bond acceptors (Lipinski definition) is 4. The molecular weight excluding hydrogens is 220 g/mol. The molecule has 0 saturated carbocycles. The van der Waals surface area contributed by atoms with E-state index in [9.17, 15) is 4.79 Å². The van der Waals surface area contributed by atoms with Crippen molar-refractivity contribution in [2.45, 2.75) is 12.5 Å². The van der Waals surface area contributed by atoms with E-state index in [-0.39, 0.29) is 31.0 Å². The topological polar surface area (TPSA) is 52.3 Å². The van der Waals surface area contributed by atoms with Crippen molar-refractivity contribution in [3.05, 3.63) is 35.9 Å². The number of carbonyl (C=O) groups is 1. The van der Waals surface area contributed by atoms with Gasteiger partial charge in [0.05, 0.1) is 0 Å². The summed E-state index contributed by atoms with van der Waals surface area (Å²) in [7, 11) is 0. The third-order valence-corrected chi connectivity index (χ3v) is 1.88. The Labute approximate surface area is 119 Å². The molecule has 0 fully saturated rings. The maximum Gasteiger partial charge on any atom is 1.00 e. The third kappa shape index (κ3) is 5.63. The molecule has 0 heterocycles. The molecule has 75 valence electrons. The average Bonchev–Trinajstić information content (AvgIpc) is 2.19. The van der Waals surface area contributed by atoms with Gasteiger partial charge in [-0.2, -0.15) is 12.5 Å². The Morgan fingerprint density at radius 2 is 2.13 bits per heavy atom. The monoisotopic (exact) mass is 232 g/mol. The summed E-state index contributed by atoms with van der Waals surface area (Å²) in [6.07, 6.45) is 0.474. The first-order chi connectivity index (χ1) is 6.74. The number of benzene rings is 1. The van der Waals surface area contributed by atoms with E-state index in [0.717, 1.165) is 12.3 Å². The molecule has 0 spiro atoms. The van der Waals surface area contributed by atoms with Crippen LogP contribution in [0.3, 0.4) is 0 Å². The van der Waals surface area contributed by atoms with Gasteiger partial charge in [0.1, 0.15) is 6.04 Å². The van der Waals surface area contributed by atoms with Gasteiger partial charge in [-0.05, 0) is 12.0 Å². The van der Waals surface area contributed by atoms with E-state index in [1.54, 1.807) is 0 Å². The molecule has 0 aliphatic carbocycles. The molecule has 0 unspecified atom stereocenters. The second-order valence-electron chi connectivity index (χ2n) is 2.84. The minimum atomic E-state index is -0.638. The average molecular weight is 232 g/mol. The number of hydrogen-bond donors (Lipinski definition) is 2. The Kier molecular flexibility index (Phi) is 8.28. The van der Waals surface area contributed by atoms with Crippen LogP contribution < -0.4 is 35.3 Å². The Morgan fingerprint density at radius 1 is 1.53 bits per heavy atom. The van der Waals surface area contributed by atoms with Gasteiger partial charge in [0.15, 0.2) is 0 Å². The number of carbonyl (C=O) groups excluding carboxylic acids is 1. The molecule has 0 amide bonds. The van der Waals surface area contributed by atoms with Crippen LogP contribution in [-0.4, -0.2) is 18.8 Å². The molecule has 0 aliphatic heterocycles. The van der Waals surface area contributed by atoms with Gasteiger partial charge in [0.25, 0.3) is 0 Å². The van der Waals surface area contributed by atoms with Crippen molar-refractivity contribution in [1.29, 1.82) is 0 Å². The van der Waals surface area contributed by atoms with Crippen LogP contribution in [0.25, 0.3) is 0 Å². The van der Waals surface area contributed by atoms with Crippen LogP contribution in [0, 0.1) is 0 Å². The fourth-order valence-electron chi connectivity index (χ4n) is 1.09. The zero-order chi connectivity index (χ0) is 10.4. The minimum Gasteiger partial charge on any atom is -1.00 e. The first kappa shape index (κ1) is 15.1. The second kappa shape index (κ2) is 8.24. The summed E-state index contributed by atoms with van der Waals surface area (Å²) < 4.78 is 4.55. The molecule has 3 nitrogen and oxygen atoms in total. The SMILES string of the molecule is N[C@@H](Cc1ccccc1)C(=O)O[B]S.[H-].[Na+]. The molecule has 2 N–H and O–H groups in total. The quantitative estimate of drug-likeness (QED) is 0.452. The minimum absolute atomic E-state index is 0. The summed E-state index contributed by atoms with van der Waals surface area (Å²) in [5.41, 5.74) is 6.62. The first-order valence-electron chi connectivity index (χ1n) is 4.20. The van der Waals surface area contributed by atoms with E-state index in [1.807, 2.05) is 30.3 Å². The van der Waals surface area contributed by atoms with Gasteiger partial charge in [-0.1, -0.05) is 30.3 Å². The molecule has 15 heavy (non-hydrogen) atoms. The van der Waals surface area contributed by atoms with E-state index in [2.05, 4.69) is 17.1 Å². The number of thiol groups is 1. The largest absolute Gasteiger partial charge is 1.00 e. The summed E-state index contributed by atoms with van der Waals surface area (Å²) in [4.78, 5) is 11.1. The van der Waals surface area contributed by atoms with Gasteiger partial charge < -0.3 is 11.8 Å². The second-order valence-corrected chi connectivity index (χ2v) is 3.05. The predicted octanol–water partition coefficient (Wildman–Crippen LogP) is -2.32. The molecule has 1 atom stereocenters. The molecule has 1 rings (SSSR count). The smallest absolute Gasteiger partial charge is 1.00 e. The molecular formula is C9H12BNNaO2S. The normalized spacial score (nSPS) is 11.1. The Bertz CT molecular complexity index is 305. The summed E-state index contributed by atoms with van der Waals surface area (Å²) in [6, 6.07) is 8.90. The molecule has 1 aromatic rings. The van der Waals surface area contributed by atoms with Crippen LogP contribution in [0.1, 0.15) is 6.99 Å². The Morgan fingerprint density at radius 3 is 2.67 bits per heavy atom. The van der Waals surface area contributed by atoms with Crippen molar-refractivity contribution in [3.63, 3.8) is 0 Å². The van der Waals surface area contributed by atoms with Gasteiger partial charge in [-0.25, -0.2) is 0 Å². The fourth-order valence-corrected chi connectivity index (χ4v) is 1.19. The number of nitrogens with two attached hydrogens (primary N) is 1.